The average Bonchev–Trinajstić information content (AvgIpc) is 3.95. The highest BCUT2D eigenvalue weighted by Gasteiger charge is 2.19. The van der Waals surface area contributed by atoms with Gasteiger partial charge in [0.1, 0.15) is 5.58 Å². The van der Waals surface area contributed by atoms with E-state index in [0.29, 0.717) is 17.5 Å². The second kappa shape index (κ2) is 12.6. The fraction of sp³-hybridized carbons (Fsp3) is 0. The van der Waals surface area contributed by atoms with E-state index in [9.17, 15) is 0 Å². The molecular weight excluding hydrogens is 717 g/mol. The fourth-order valence-corrected chi connectivity index (χ4v) is 9.48. The van der Waals surface area contributed by atoms with Crippen molar-refractivity contribution in [1.29, 1.82) is 0 Å². The summed E-state index contributed by atoms with van der Waals surface area (Å²) in [6.45, 7) is 0. The first-order valence-corrected chi connectivity index (χ1v) is 19.8. The van der Waals surface area contributed by atoms with Crippen molar-refractivity contribution in [3.8, 4) is 51.0 Å². The molecule has 0 aliphatic carbocycles. The number of fused-ring (bicyclic) bond motifs is 9. The number of thiophene rings is 1. The molecule has 0 saturated heterocycles. The average molecular weight is 747 g/mol. The van der Waals surface area contributed by atoms with Crippen LogP contribution in [0.15, 0.2) is 186 Å². The summed E-state index contributed by atoms with van der Waals surface area (Å²) in [6, 6.07) is 63.8. The SMILES string of the molecule is c1ccc(-c2nc(-c3ccccc3)nc(-c3ccc4sc5cc(-c6ccc7c(c6)oc6c(-n8c9ccccc9c9ccccc98)cccc67)ccc5c4c3)n2)cc1. The highest BCUT2D eigenvalue weighted by Crippen LogP contribution is 2.41. The van der Waals surface area contributed by atoms with Crippen molar-refractivity contribution in [2.45, 2.75) is 0 Å². The second-order valence-electron chi connectivity index (χ2n) is 14.4. The molecule has 4 aromatic heterocycles. The molecule has 0 atom stereocenters. The summed E-state index contributed by atoms with van der Waals surface area (Å²) in [7, 11) is 0. The van der Waals surface area contributed by atoms with Gasteiger partial charge in [-0.25, -0.2) is 15.0 Å². The van der Waals surface area contributed by atoms with Gasteiger partial charge in [0.2, 0.25) is 0 Å². The molecule has 4 heterocycles. The molecule has 5 nitrogen and oxygen atoms in total. The minimum Gasteiger partial charge on any atom is -0.454 e. The number of benzene rings is 8. The van der Waals surface area contributed by atoms with Gasteiger partial charge in [0.05, 0.1) is 16.7 Å². The minimum absolute atomic E-state index is 0.654. The molecule has 0 aliphatic heterocycles. The summed E-state index contributed by atoms with van der Waals surface area (Å²) in [5.41, 5.74) is 10.3. The van der Waals surface area contributed by atoms with Crippen LogP contribution in [0, 0.1) is 0 Å². The van der Waals surface area contributed by atoms with Crippen molar-refractivity contribution in [1.82, 2.24) is 19.5 Å². The first-order valence-electron chi connectivity index (χ1n) is 19.0. The summed E-state index contributed by atoms with van der Waals surface area (Å²) in [4.78, 5) is 14.8. The number of hydrogen-bond donors (Lipinski definition) is 0. The van der Waals surface area contributed by atoms with E-state index in [1.165, 1.54) is 42.0 Å². The van der Waals surface area contributed by atoms with Gasteiger partial charge in [0, 0.05) is 58.4 Å². The van der Waals surface area contributed by atoms with Gasteiger partial charge in [0.25, 0.3) is 0 Å². The Hall–Kier alpha value is -7.41. The van der Waals surface area contributed by atoms with Gasteiger partial charge in [-0.05, 0) is 65.7 Å². The van der Waals surface area contributed by atoms with Crippen LogP contribution in [0.25, 0.3) is 115 Å². The summed E-state index contributed by atoms with van der Waals surface area (Å²) < 4.78 is 11.6. The van der Waals surface area contributed by atoms with Crippen molar-refractivity contribution in [2.24, 2.45) is 0 Å². The lowest BCUT2D eigenvalue weighted by Gasteiger charge is -2.08. The van der Waals surface area contributed by atoms with Crippen LogP contribution in [0.2, 0.25) is 0 Å². The molecule has 8 aromatic carbocycles. The number of aromatic nitrogens is 4. The standard InChI is InChI=1S/C51H30N4OS/c1-3-12-31(13-4-1)49-52-50(32-14-5-2-6-15-32)54-51(53-49)35-24-27-46-41(28-35)39-26-23-34(30-47(39)57-46)33-22-25-38-40-18-11-21-44(48(40)56-45(38)29-33)55-42-19-9-7-16-36(42)37-17-8-10-20-43(37)55/h1-30H. The number of hydrogen-bond acceptors (Lipinski definition) is 5. The predicted octanol–water partition coefficient (Wildman–Crippen LogP) is 13.9. The van der Waals surface area contributed by atoms with E-state index in [0.717, 1.165) is 55.4 Å². The Morgan fingerprint density at radius 3 is 1.61 bits per heavy atom. The summed E-state index contributed by atoms with van der Waals surface area (Å²) in [5, 5.41) is 7.08. The zero-order valence-electron chi connectivity index (χ0n) is 30.4. The minimum atomic E-state index is 0.654. The van der Waals surface area contributed by atoms with Crippen LogP contribution in [0.3, 0.4) is 0 Å². The van der Waals surface area contributed by atoms with Gasteiger partial charge in [-0.1, -0.05) is 127 Å². The van der Waals surface area contributed by atoms with E-state index in [4.69, 9.17) is 19.4 Å². The van der Waals surface area contributed by atoms with Gasteiger partial charge >= 0.3 is 0 Å². The molecule has 6 heteroatoms. The maximum atomic E-state index is 6.80. The van der Waals surface area contributed by atoms with Crippen LogP contribution < -0.4 is 0 Å². The number of nitrogens with zero attached hydrogens (tertiary/aromatic N) is 4. The normalized spacial score (nSPS) is 11.9. The maximum Gasteiger partial charge on any atom is 0.164 e. The van der Waals surface area contributed by atoms with E-state index in [1.807, 2.05) is 60.7 Å². The molecule has 0 aliphatic rings. The van der Waals surface area contributed by atoms with Crippen molar-refractivity contribution < 1.29 is 4.42 Å². The van der Waals surface area contributed by atoms with Gasteiger partial charge in [-0.15, -0.1) is 11.3 Å². The number of furan rings is 1. The molecule has 0 fully saturated rings. The second-order valence-corrected chi connectivity index (χ2v) is 15.5. The third kappa shape index (κ3) is 5.12. The Labute approximate surface area is 330 Å². The molecule has 12 rings (SSSR count). The molecule has 0 unspecified atom stereocenters. The van der Waals surface area contributed by atoms with Crippen molar-refractivity contribution >= 4 is 75.3 Å². The fourth-order valence-electron chi connectivity index (χ4n) is 8.35. The number of para-hydroxylation sites is 3. The first-order chi connectivity index (χ1) is 28.2. The largest absolute Gasteiger partial charge is 0.454 e. The lowest BCUT2D eigenvalue weighted by molar-refractivity contribution is 0.666. The van der Waals surface area contributed by atoms with Crippen LogP contribution in [0.1, 0.15) is 0 Å². The van der Waals surface area contributed by atoms with Crippen LogP contribution in [0.5, 0.6) is 0 Å². The molecule has 0 bridgehead atoms. The van der Waals surface area contributed by atoms with Gasteiger partial charge in [-0.2, -0.15) is 0 Å². The summed E-state index contributed by atoms with van der Waals surface area (Å²) >= 11 is 1.80. The quantitative estimate of drug-likeness (QED) is 0.176. The predicted molar refractivity (Wildman–Crippen MR) is 236 cm³/mol. The van der Waals surface area contributed by atoms with E-state index < -0.39 is 0 Å². The van der Waals surface area contributed by atoms with Gasteiger partial charge in [0.15, 0.2) is 23.1 Å². The van der Waals surface area contributed by atoms with Crippen LogP contribution in [-0.2, 0) is 0 Å². The Kier molecular flexibility index (Phi) is 7.03. The van der Waals surface area contributed by atoms with Crippen LogP contribution in [-0.4, -0.2) is 19.5 Å². The summed E-state index contributed by atoms with van der Waals surface area (Å²) in [5.74, 6) is 1.97. The van der Waals surface area contributed by atoms with Crippen LogP contribution >= 0.6 is 11.3 Å². The van der Waals surface area contributed by atoms with E-state index in [1.54, 1.807) is 11.3 Å². The Morgan fingerprint density at radius 2 is 0.930 bits per heavy atom. The molecule has 0 saturated carbocycles. The molecule has 0 spiro atoms. The third-order valence-corrected chi connectivity index (χ3v) is 12.2. The van der Waals surface area contributed by atoms with E-state index in [-0.39, 0.29) is 0 Å². The van der Waals surface area contributed by atoms with Crippen LogP contribution in [0.4, 0.5) is 0 Å². The monoisotopic (exact) mass is 746 g/mol. The molecule has 266 valence electrons. The van der Waals surface area contributed by atoms with Crippen molar-refractivity contribution in [2.75, 3.05) is 0 Å². The van der Waals surface area contributed by atoms with Crippen molar-refractivity contribution in [3.63, 3.8) is 0 Å². The third-order valence-electron chi connectivity index (χ3n) is 11.1. The zero-order chi connectivity index (χ0) is 37.5. The Bertz CT molecular complexity index is 3420. The zero-order valence-corrected chi connectivity index (χ0v) is 31.2. The first kappa shape index (κ1) is 31.9. The summed E-state index contributed by atoms with van der Waals surface area (Å²) in [6.07, 6.45) is 0. The number of rotatable bonds is 5. The topological polar surface area (TPSA) is 56.7 Å². The maximum absolute atomic E-state index is 6.80. The van der Waals surface area contributed by atoms with Gasteiger partial charge < -0.3 is 8.98 Å². The molecule has 57 heavy (non-hydrogen) atoms. The molecule has 0 amide bonds. The van der Waals surface area contributed by atoms with E-state index in [2.05, 4.69) is 126 Å². The Morgan fingerprint density at radius 1 is 0.368 bits per heavy atom. The smallest absolute Gasteiger partial charge is 0.164 e. The lowest BCUT2D eigenvalue weighted by Crippen LogP contribution is -2.00. The highest BCUT2D eigenvalue weighted by atomic mass is 32.1. The van der Waals surface area contributed by atoms with Gasteiger partial charge in [-0.3, -0.25) is 0 Å². The molecule has 0 radical (unpaired) electrons. The highest BCUT2D eigenvalue weighted by molar-refractivity contribution is 7.25. The van der Waals surface area contributed by atoms with E-state index >= 15 is 0 Å². The molecular formula is C51H30N4OS. The Balaban J connectivity index is 0.946. The lowest BCUT2D eigenvalue weighted by atomic mass is 10.0. The molecule has 12 aromatic rings. The molecule has 0 N–H and O–H groups in total. The van der Waals surface area contributed by atoms with Crippen molar-refractivity contribution in [3.05, 3.63) is 182 Å².